The van der Waals surface area contributed by atoms with Crippen LogP contribution < -0.4 is 37.8 Å². The maximum atomic E-state index is 12.4. The van der Waals surface area contributed by atoms with Crippen molar-refractivity contribution in [2.75, 3.05) is 51.5 Å². The smallest absolute Gasteiger partial charge is 0.214 e. The number of aromatic nitrogens is 8. The second-order valence-corrected chi connectivity index (χ2v) is 44.0. The first kappa shape index (κ1) is 96.3. The molecule has 676 valence electrons. The summed E-state index contributed by atoms with van der Waals surface area (Å²) in [5.74, 6) is 5.81. The number of nitriles is 4. The molecule has 12 aromatic rings. The monoisotopic (exact) mass is 1900 g/mol. The fraction of sp³-hybridized carbons (Fsp3) is 0.344. The molecule has 4 aromatic heterocycles. The molecule has 0 spiro atoms. The van der Waals surface area contributed by atoms with E-state index in [1.807, 2.05) is 146 Å². The van der Waals surface area contributed by atoms with Gasteiger partial charge < -0.3 is 28.4 Å². The summed E-state index contributed by atoms with van der Waals surface area (Å²) in [6.07, 6.45) is 8.84. The lowest BCUT2D eigenvalue weighted by atomic mass is 10.0. The van der Waals surface area contributed by atoms with Crippen molar-refractivity contribution in [2.24, 2.45) is 0 Å². The van der Waals surface area contributed by atoms with Crippen LogP contribution in [0.1, 0.15) is 172 Å². The maximum Gasteiger partial charge on any atom is 0.214 e. The van der Waals surface area contributed by atoms with Gasteiger partial charge in [0, 0.05) is 98.9 Å². The van der Waals surface area contributed by atoms with Crippen LogP contribution in [0, 0.1) is 45.3 Å². The van der Waals surface area contributed by atoms with Gasteiger partial charge in [0.05, 0.1) is 77.6 Å². The van der Waals surface area contributed by atoms with Gasteiger partial charge in [-0.2, -0.15) is 21.0 Å². The molecule has 0 fully saturated rings. The largest absolute Gasteiger partial charge is 0.490 e. The molecule has 0 aliphatic heterocycles. The van der Waals surface area contributed by atoms with Gasteiger partial charge in [-0.15, -0.1) is 40.8 Å². The summed E-state index contributed by atoms with van der Waals surface area (Å²) in [6.45, 7) is 15.7. The molecule has 0 bridgehead atoms. The molecule has 4 N–H and O–H groups in total. The van der Waals surface area contributed by atoms with Gasteiger partial charge in [-0.1, -0.05) is 118 Å². The Kier molecular flexibility index (Phi) is 31.4. The van der Waals surface area contributed by atoms with Crippen LogP contribution in [0.15, 0.2) is 146 Å². The highest BCUT2D eigenvalue weighted by Gasteiger charge is 2.34. The number of benzene rings is 8. The molecule has 0 radical (unpaired) electrons. The summed E-state index contributed by atoms with van der Waals surface area (Å²) < 4.78 is 129. The van der Waals surface area contributed by atoms with Crippen LogP contribution in [0.2, 0.25) is 0 Å². The van der Waals surface area contributed by atoms with Crippen LogP contribution >= 0.6 is 45.3 Å². The Morgan fingerprint density at radius 1 is 0.362 bits per heavy atom. The van der Waals surface area contributed by atoms with Crippen LogP contribution in [0.3, 0.4) is 0 Å². The summed E-state index contributed by atoms with van der Waals surface area (Å²) in [6, 6.07) is 53.6. The van der Waals surface area contributed by atoms with E-state index in [0.717, 1.165) is 141 Å². The third kappa shape index (κ3) is 24.1. The average Bonchev–Trinajstić information content (AvgIpc) is 1.64. The van der Waals surface area contributed by atoms with Gasteiger partial charge in [0.15, 0.2) is 0 Å². The molecule has 130 heavy (non-hydrogen) atoms. The van der Waals surface area contributed by atoms with E-state index in [1.54, 1.807) is 48.7 Å². The molecular formula is C93H98N16O13S8. The number of nitrogens with one attached hydrogen (secondary N) is 4. The molecule has 4 heterocycles. The van der Waals surface area contributed by atoms with Crippen molar-refractivity contribution in [1.29, 1.82) is 21.0 Å². The first-order chi connectivity index (χ1) is 62.1. The van der Waals surface area contributed by atoms with Gasteiger partial charge in [-0.25, -0.2) is 44.1 Å². The lowest BCUT2D eigenvalue weighted by molar-refractivity contribution is 0.216. The molecule has 8 aromatic carbocycles. The van der Waals surface area contributed by atoms with Crippen LogP contribution in [0.4, 0.5) is 0 Å². The summed E-state index contributed by atoms with van der Waals surface area (Å²) in [4.78, 5) is 0. The van der Waals surface area contributed by atoms with Gasteiger partial charge in [-0.05, 0) is 230 Å². The average molecular weight is 1900 g/mol. The number of fused-ring (bicyclic) bond motifs is 4. The van der Waals surface area contributed by atoms with Crippen molar-refractivity contribution in [3.63, 3.8) is 0 Å². The predicted molar refractivity (Wildman–Crippen MR) is 509 cm³/mol. The van der Waals surface area contributed by atoms with Gasteiger partial charge in [0.1, 0.15) is 87.3 Å². The minimum Gasteiger partial charge on any atom is -0.490 e. The third-order valence-electron chi connectivity index (χ3n) is 21.0. The molecule has 16 rings (SSSR count). The number of sulfonamides is 3. The zero-order valence-corrected chi connectivity index (χ0v) is 80.1. The van der Waals surface area contributed by atoms with Crippen molar-refractivity contribution in [2.45, 2.75) is 155 Å². The van der Waals surface area contributed by atoms with Crippen molar-refractivity contribution in [1.82, 2.24) is 59.7 Å². The molecule has 0 amide bonds. The Morgan fingerprint density at radius 3 is 0.823 bits per heavy atom. The maximum absolute atomic E-state index is 12.4. The SMILES string of the molecule is C=S(C)(=O)N[C@H]1CCc2c(-c3nnc(-c4ccc(OC(C)C)c(C#N)c4)s3)cccc21.CC(C)Oc1ccc(-c2nnc(-c3cccc4c3CC[C@H]4NS(C)(=O)=O)s2)cc1C#N.COCCS(=O)(=O)N[C@@H]1CCc2c(-c3nnc(-c4ccc(OC(C)C)c(C#N)c4)s3)cccc21.COCCS(=O)(=O)N[C@H]1CCc2c(-c3nnc(-c4ccc(OC(C)C)c(C#N)c4)s3)cccc21. The Hall–Kier alpha value is -11.2. The lowest BCUT2D eigenvalue weighted by Gasteiger charge is -2.15. The van der Waals surface area contributed by atoms with E-state index >= 15 is 0 Å². The summed E-state index contributed by atoms with van der Waals surface area (Å²) in [5, 5.41) is 79.1. The molecule has 29 nitrogen and oxygen atoms in total. The lowest BCUT2D eigenvalue weighted by Crippen LogP contribution is -2.31. The molecule has 4 aliphatic carbocycles. The molecule has 37 heteroatoms. The molecule has 5 atom stereocenters. The Bertz CT molecular complexity index is 6420. The number of hydrogen-bond donors (Lipinski definition) is 4. The van der Waals surface area contributed by atoms with Crippen LogP contribution in [0.5, 0.6) is 23.0 Å². The molecule has 0 saturated carbocycles. The van der Waals surface area contributed by atoms with Gasteiger partial charge in [-0.3, -0.25) is 4.21 Å². The molecule has 0 saturated heterocycles. The van der Waals surface area contributed by atoms with Crippen molar-refractivity contribution >= 4 is 91.0 Å². The van der Waals surface area contributed by atoms with Crippen LogP contribution in [-0.4, -0.2) is 152 Å². The number of hydrogen-bond acceptors (Lipinski definition) is 29. The highest BCUT2D eigenvalue weighted by molar-refractivity contribution is 7.97. The highest BCUT2D eigenvalue weighted by atomic mass is 32.2. The normalized spacial score (nSPS) is 15.8. The van der Waals surface area contributed by atoms with E-state index in [4.69, 9.17) is 28.4 Å². The van der Waals surface area contributed by atoms with E-state index in [2.05, 4.69) is 102 Å². The second-order valence-electron chi connectivity index (χ2n) is 32.3. The van der Waals surface area contributed by atoms with Gasteiger partial charge >= 0.3 is 0 Å². The van der Waals surface area contributed by atoms with Gasteiger partial charge in [0.2, 0.25) is 30.1 Å². The van der Waals surface area contributed by atoms with Crippen LogP contribution in [-0.2, 0) is 74.9 Å². The van der Waals surface area contributed by atoms with Crippen molar-refractivity contribution < 1.29 is 57.9 Å². The summed E-state index contributed by atoms with van der Waals surface area (Å²) in [7, 11) is -9.48. The zero-order valence-electron chi connectivity index (χ0n) is 73.6. The highest BCUT2D eigenvalue weighted by Crippen LogP contribution is 2.47. The number of nitrogens with zero attached hydrogens (tertiary/aromatic N) is 12. The summed E-state index contributed by atoms with van der Waals surface area (Å²) >= 11 is 5.83. The molecule has 1 unspecified atom stereocenters. The number of methoxy groups -OCH3 is 2. The minimum absolute atomic E-state index is 0.00542. The quantitative estimate of drug-likeness (QED) is 0.0304. The fourth-order valence-electron chi connectivity index (χ4n) is 15.6. The number of rotatable bonds is 30. The van der Waals surface area contributed by atoms with E-state index in [9.17, 15) is 50.5 Å². The second kappa shape index (κ2) is 42.3. The first-order valence-electron chi connectivity index (χ1n) is 41.8. The minimum atomic E-state index is -3.43. The number of ether oxygens (including phenoxy) is 6. The standard InChI is InChI=1S/2C24H26N4O4S2.C23H24N4O2S2.C22H22N4O3S2/c2*1-15(2)32-22-10-7-16(13-17(22)14-25)23-26-27-24(33-23)20-6-4-5-19-18(20)8-9-21(19)28-34(29,30)12-11-31-3;1-14(2)29-21-11-8-15(12-16(21)13-24)22-25-26-23(30-22)19-7-5-6-18-17(19)9-10-20(18)27-31(3,4)28;1-13(2)29-20-10-7-14(11-15(20)12-23)21-24-25-22(30-21)18-6-4-5-17-16(18)8-9-19(17)26-31(3,27)28/h2*4-7,10,13,15,21,28H,8-9,11-12H2,1-3H3;5-8,11-12,14,20H,3,9-10H2,1-2,4H3,(H,27,28);4-7,10-11,13,19,26H,8-9H2,1-3H3/t2*21-;20-,31?;19-/m1001/s1. The fourth-order valence-corrected chi connectivity index (χ4v) is 23.2. The van der Waals surface area contributed by atoms with E-state index in [0.29, 0.717) is 79.5 Å². The first-order valence-corrected chi connectivity index (χ1v) is 52.4. The topological polar surface area (TPSA) is 421 Å². The van der Waals surface area contributed by atoms with E-state index in [-0.39, 0.29) is 73.3 Å². The Morgan fingerprint density at radius 2 is 0.600 bits per heavy atom. The Balaban J connectivity index is 0.000000148. The van der Waals surface area contributed by atoms with Gasteiger partial charge in [0.25, 0.3) is 0 Å². The third-order valence-corrected chi connectivity index (χ3v) is 29.3. The van der Waals surface area contributed by atoms with Crippen LogP contribution in [0.25, 0.3) is 84.6 Å². The summed E-state index contributed by atoms with van der Waals surface area (Å²) in [5.41, 5.74) is 17.6. The zero-order chi connectivity index (χ0) is 92.9. The van der Waals surface area contributed by atoms with Crippen molar-refractivity contribution in [3.05, 3.63) is 212 Å². The van der Waals surface area contributed by atoms with E-state index < -0.39 is 39.8 Å². The Labute approximate surface area is 774 Å². The van der Waals surface area contributed by atoms with Crippen molar-refractivity contribution in [3.8, 4) is 132 Å². The molecular weight excluding hydrogens is 1810 g/mol. The predicted octanol–water partition coefficient (Wildman–Crippen LogP) is 16.6. The molecule has 4 aliphatic rings. The van der Waals surface area contributed by atoms with E-state index in [1.165, 1.54) is 71.4 Å².